The van der Waals surface area contributed by atoms with Crippen LogP contribution in [-0.2, 0) is 0 Å². The fraction of sp³-hybridized carbons (Fsp3) is 0.400. The van der Waals surface area contributed by atoms with Gasteiger partial charge in [-0.15, -0.1) is 0 Å². The minimum absolute atomic E-state index is 0.0417. The summed E-state index contributed by atoms with van der Waals surface area (Å²) in [5.74, 6) is 0. The van der Waals surface area contributed by atoms with Crippen LogP contribution in [0.5, 0.6) is 0 Å². The van der Waals surface area contributed by atoms with E-state index in [0.717, 1.165) is 5.57 Å². The van der Waals surface area contributed by atoms with Crippen LogP contribution in [0.2, 0.25) is 0 Å². The zero-order valence-corrected chi connectivity index (χ0v) is 9.83. The van der Waals surface area contributed by atoms with Crippen molar-refractivity contribution in [3.8, 4) is 0 Å². The van der Waals surface area contributed by atoms with Crippen LogP contribution in [-0.4, -0.2) is 16.0 Å². The van der Waals surface area contributed by atoms with Crippen LogP contribution in [0.3, 0.4) is 0 Å². The predicted octanol–water partition coefficient (Wildman–Crippen LogP) is 3.10. The van der Waals surface area contributed by atoms with Gasteiger partial charge in [0.2, 0.25) is 0 Å². The Hall–Kier alpha value is 1.47. The van der Waals surface area contributed by atoms with Crippen molar-refractivity contribution in [2.45, 2.75) is 13.8 Å². The Balaban J connectivity index is 0. The van der Waals surface area contributed by atoms with E-state index in [1.165, 1.54) is 0 Å². The molecule has 1 radical (unpaired) electrons. The highest BCUT2D eigenvalue weighted by Gasteiger charge is 1.62. The average molecular weight is 253 g/mol. The summed E-state index contributed by atoms with van der Waals surface area (Å²) in [7, 11) is 0. The molecule has 0 nitrogen and oxygen atoms in total. The van der Waals surface area contributed by atoms with E-state index in [1.54, 1.807) is 0 Å². The molecule has 0 saturated carbocycles. The van der Waals surface area contributed by atoms with Gasteiger partial charge in [-0.05, 0) is 20.8 Å². The van der Waals surface area contributed by atoms with Gasteiger partial charge in [-0.25, -0.2) is 0 Å². The van der Waals surface area contributed by atoms with E-state index < -0.39 is 0 Å². The summed E-state index contributed by atoms with van der Waals surface area (Å²) in [5.41, 5.74) is 1.13. The van der Waals surface area contributed by atoms with Gasteiger partial charge in [-0.1, -0.05) is 11.6 Å². The third-order valence-electron chi connectivity index (χ3n) is 0.493. The Morgan fingerprint density at radius 1 is 1.62 bits per heavy atom. The molecule has 0 spiro atoms. The summed E-state index contributed by atoms with van der Waals surface area (Å²) >= 11 is 6.44. The molecule has 0 aromatic carbocycles. The van der Waals surface area contributed by atoms with Crippen molar-refractivity contribution >= 4 is 41.8 Å². The molecule has 0 aliphatic heterocycles. The van der Waals surface area contributed by atoms with Gasteiger partial charge in [0.1, 0.15) is 0 Å². The molecule has 0 N–H and O–H groups in total. The van der Waals surface area contributed by atoms with Crippen LogP contribution in [0, 0.1) is 6.92 Å². The van der Waals surface area contributed by atoms with E-state index in [1.807, 2.05) is 19.9 Å². The van der Waals surface area contributed by atoms with E-state index in [9.17, 15) is 0 Å². The second-order valence-corrected chi connectivity index (χ2v) is 9.32. The first-order valence-corrected chi connectivity index (χ1v) is 10.1. The number of halogens is 2. The fourth-order valence-corrected chi connectivity index (χ4v) is 0. The Labute approximate surface area is 73.6 Å². The molecular formula is C5H9Br2Mg. The van der Waals surface area contributed by atoms with Crippen molar-refractivity contribution in [3.63, 3.8) is 0 Å². The molecule has 0 bridgehead atoms. The molecule has 0 unspecified atom stereocenters. The Kier molecular flexibility index (Phi) is 17.2. The number of rotatable bonds is 0. The van der Waals surface area contributed by atoms with Gasteiger partial charge in [-0.2, -0.15) is 0 Å². The number of allylic oxidation sites excluding steroid dienone is 2. The second-order valence-electron chi connectivity index (χ2n) is 1.24. The van der Waals surface area contributed by atoms with Gasteiger partial charge in [0, 0.05) is 0 Å². The minimum Gasteiger partial charge on any atom is -0.280 e. The lowest BCUT2D eigenvalue weighted by atomic mass is 10.3. The van der Waals surface area contributed by atoms with Gasteiger partial charge in [0.15, 0.2) is 0 Å². The molecule has 0 saturated heterocycles. The van der Waals surface area contributed by atoms with E-state index in [4.69, 9.17) is 0 Å². The first kappa shape index (κ1) is 12.2. The lowest BCUT2D eigenvalue weighted by molar-refractivity contribution is 1.49. The van der Waals surface area contributed by atoms with Crippen molar-refractivity contribution in [2.75, 3.05) is 0 Å². The monoisotopic (exact) mass is 251 g/mol. The first-order valence-electron chi connectivity index (χ1n) is 2.25. The highest BCUT2D eigenvalue weighted by molar-refractivity contribution is 9.47. The zero-order valence-electron chi connectivity index (χ0n) is 5.25. The van der Waals surface area contributed by atoms with Crippen LogP contribution in [0.15, 0.2) is 11.6 Å². The normalized spacial score (nSPS) is 8.88. The molecule has 0 aromatic heterocycles. The molecule has 0 fully saturated rings. The smallest absolute Gasteiger partial charge is 0.280 e. The molecule has 3 heteroatoms. The van der Waals surface area contributed by atoms with E-state index in [2.05, 4.69) is 32.7 Å². The van der Waals surface area contributed by atoms with Crippen LogP contribution < -0.4 is 0 Å². The average Bonchev–Trinajstić information content (AvgIpc) is 1.69. The van der Waals surface area contributed by atoms with Gasteiger partial charge in [0.05, 0.1) is 0 Å². The highest BCUT2D eigenvalue weighted by atomic mass is 79.9. The quantitative estimate of drug-likeness (QED) is 0.582. The molecule has 0 rings (SSSR count). The highest BCUT2D eigenvalue weighted by Crippen LogP contribution is 1.81. The molecule has 0 atom stereocenters. The standard InChI is InChI=1S/C5H9.2BrH.Mg/c1-4-5(2)3;;;/h4H,2H2,1,3H3;2*1H;/q;;;+2/p-2. The Morgan fingerprint density at radius 2 is 1.75 bits per heavy atom. The van der Waals surface area contributed by atoms with Crippen LogP contribution in [0.25, 0.3) is 0 Å². The summed E-state index contributed by atoms with van der Waals surface area (Å²) in [5, 5.41) is 0. The molecule has 0 heterocycles. The first-order chi connectivity index (χ1) is 3.68. The van der Waals surface area contributed by atoms with Crippen LogP contribution in [0.1, 0.15) is 13.8 Å². The van der Waals surface area contributed by atoms with E-state index in [-0.39, 0.29) is 16.0 Å². The van der Waals surface area contributed by atoms with Gasteiger partial charge in [0.25, 0.3) is 0 Å². The topological polar surface area (TPSA) is 0 Å². The maximum absolute atomic E-state index is 3.62. The molecule has 8 heavy (non-hydrogen) atoms. The number of hydrogen-bond donors (Lipinski definition) is 0. The van der Waals surface area contributed by atoms with Crippen molar-refractivity contribution in [1.82, 2.24) is 0 Å². The number of hydrogen-bond acceptors (Lipinski definition) is 0. The summed E-state index contributed by atoms with van der Waals surface area (Å²) in [6.07, 6.45) is 1.97. The van der Waals surface area contributed by atoms with E-state index in [0.29, 0.717) is 0 Å². The Morgan fingerprint density at radius 3 is 1.75 bits per heavy atom. The van der Waals surface area contributed by atoms with Gasteiger partial charge in [-0.3, -0.25) is 25.8 Å². The van der Waals surface area contributed by atoms with Gasteiger partial charge < -0.3 is 0 Å². The molecule has 0 aliphatic rings. The van der Waals surface area contributed by atoms with Crippen LogP contribution in [0.4, 0.5) is 0 Å². The van der Waals surface area contributed by atoms with E-state index >= 15 is 0 Å². The largest absolute Gasteiger partial charge is 0.560 e. The summed E-state index contributed by atoms with van der Waals surface area (Å²) in [6, 6.07) is 0. The lowest BCUT2D eigenvalue weighted by Crippen LogP contribution is -1.53. The minimum atomic E-state index is 0.0417. The lowest BCUT2D eigenvalue weighted by Gasteiger charge is -1.73. The third-order valence-corrected chi connectivity index (χ3v) is 0.493. The van der Waals surface area contributed by atoms with Crippen molar-refractivity contribution in [3.05, 3.63) is 18.6 Å². The third kappa shape index (κ3) is 26.0. The molecule has 0 aliphatic carbocycles. The SMILES string of the molecule is [Br][Mg][Br].[CH2]C(C)=CC. The maximum atomic E-state index is 3.62. The second kappa shape index (κ2) is 11.3. The van der Waals surface area contributed by atoms with Crippen molar-refractivity contribution in [2.24, 2.45) is 0 Å². The van der Waals surface area contributed by atoms with Crippen molar-refractivity contribution in [1.29, 1.82) is 0 Å². The zero-order chi connectivity index (χ0) is 6.99. The van der Waals surface area contributed by atoms with Gasteiger partial charge >= 0.3 is 16.0 Å². The van der Waals surface area contributed by atoms with Crippen molar-refractivity contribution < 1.29 is 0 Å². The molecule has 45 valence electrons. The molecule has 0 aromatic rings. The Bertz CT molecular complexity index is 57.4. The summed E-state index contributed by atoms with van der Waals surface area (Å²) in [6.45, 7) is 7.56. The fourth-order valence-electron chi connectivity index (χ4n) is 0. The maximum Gasteiger partial charge on any atom is 0.560 e. The summed E-state index contributed by atoms with van der Waals surface area (Å²) in [4.78, 5) is 0. The molecular weight excluding hydrogens is 244 g/mol. The van der Waals surface area contributed by atoms with Crippen LogP contribution >= 0.6 is 25.8 Å². The predicted molar refractivity (Wildman–Crippen MR) is 48.4 cm³/mol. The summed E-state index contributed by atoms with van der Waals surface area (Å²) < 4.78 is 0. The molecule has 0 amide bonds.